The standard InChI is InChI=1S/C19H18N4O4S/c1-13(24)22-28(26,27)16-10-8-15(9-11-16)20-19(25)18-12-17(21-23(18)2)14-6-4-3-5-7-14/h3-12H,1-2H3,(H,20,25)(H,22,24). The van der Waals surface area contributed by atoms with Crippen molar-refractivity contribution in [2.24, 2.45) is 7.05 Å². The number of aryl methyl sites for hydroxylation is 1. The summed E-state index contributed by atoms with van der Waals surface area (Å²) in [5, 5.41) is 7.06. The van der Waals surface area contributed by atoms with Crippen LogP contribution in [0, 0.1) is 0 Å². The van der Waals surface area contributed by atoms with Crippen LogP contribution in [0.25, 0.3) is 11.3 Å². The molecule has 0 fully saturated rings. The average Bonchev–Trinajstić information content (AvgIpc) is 3.04. The van der Waals surface area contributed by atoms with Gasteiger partial charge in [0.25, 0.3) is 15.9 Å². The van der Waals surface area contributed by atoms with Crippen molar-refractivity contribution in [2.45, 2.75) is 11.8 Å². The lowest BCUT2D eigenvalue weighted by molar-refractivity contribution is -0.117. The molecule has 0 saturated heterocycles. The predicted molar refractivity (Wildman–Crippen MR) is 104 cm³/mol. The van der Waals surface area contributed by atoms with Gasteiger partial charge in [-0.2, -0.15) is 5.10 Å². The molecule has 0 bridgehead atoms. The maximum Gasteiger partial charge on any atom is 0.273 e. The SMILES string of the molecule is CC(=O)NS(=O)(=O)c1ccc(NC(=O)c2cc(-c3ccccc3)nn2C)cc1. The molecule has 9 heteroatoms. The third-order valence-corrected chi connectivity index (χ3v) is 5.33. The lowest BCUT2D eigenvalue weighted by Crippen LogP contribution is -2.28. The van der Waals surface area contributed by atoms with E-state index in [0.717, 1.165) is 12.5 Å². The van der Waals surface area contributed by atoms with Crippen LogP contribution in [0.2, 0.25) is 0 Å². The van der Waals surface area contributed by atoms with E-state index in [1.54, 1.807) is 13.1 Å². The van der Waals surface area contributed by atoms with Crippen LogP contribution in [-0.2, 0) is 21.9 Å². The van der Waals surface area contributed by atoms with Gasteiger partial charge in [0.15, 0.2) is 0 Å². The number of nitrogens with zero attached hydrogens (tertiary/aromatic N) is 2. The smallest absolute Gasteiger partial charge is 0.273 e. The molecule has 2 aromatic carbocycles. The van der Waals surface area contributed by atoms with E-state index >= 15 is 0 Å². The highest BCUT2D eigenvalue weighted by atomic mass is 32.2. The molecule has 3 aromatic rings. The number of aromatic nitrogens is 2. The average molecular weight is 398 g/mol. The molecule has 0 aliphatic heterocycles. The van der Waals surface area contributed by atoms with Gasteiger partial charge in [-0.3, -0.25) is 14.3 Å². The topological polar surface area (TPSA) is 110 Å². The maximum atomic E-state index is 12.6. The first-order chi connectivity index (χ1) is 13.3. The molecule has 2 N–H and O–H groups in total. The highest BCUT2D eigenvalue weighted by molar-refractivity contribution is 7.90. The molecule has 0 unspecified atom stereocenters. The number of carbonyl (C=O) groups excluding carboxylic acids is 2. The van der Waals surface area contributed by atoms with Crippen LogP contribution >= 0.6 is 0 Å². The Morgan fingerprint density at radius 1 is 1.00 bits per heavy atom. The third-order valence-electron chi connectivity index (χ3n) is 3.88. The number of carbonyl (C=O) groups is 2. The summed E-state index contributed by atoms with van der Waals surface area (Å²) in [6.45, 7) is 1.11. The first-order valence-electron chi connectivity index (χ1n) is 8.30. The first-order valence-corrected chi connectivity index (χ1v) is 9.79. The van der Waals surface area contributed by atoms with Crippen LogP contribution in [0.1, 0.15) is 17.4 Å². The van der Waals surface area contributed by atoms with Crippen molar-refractivity contribution in [1.82, 2.24) is 14.5 Å². The van der Waals surface area contributed by atoms with Crippen molar-refractivity contribution in [2.75, 3.05) is 5.32 Å². The van der Waals surface area contributed by atoms with E-state index in [9.17, 15) is 18.0 Å². The molecule has 2 amide bonds. The number of benzene rings is 2. The van der Waals surface area contributed by atoms with Crippen LogP contribution in [0.4, 0.5) is 5.69 Å². The van der Waals surface area contributed by atoms with Crippen molar-refractivity contribution < 1.29 is 18.0 Å². The lowest BCUT2D eigenvalue weighted by atomic mass is 10.1. The highest BCUT2D eigenvalue weighted by Crippen LogP contribution is 2.20. The summed E-state index contributed by atoms with van der Waals surface area (Å²) in [6, 6.07) is 16.7. The van der Waals surface area contributed by atoms with Crippen LogP contribution in [0.3, 0.4) is 0 Å². The molecule has 28 heavy (non-hydrogen) atoms. The molecule has 0 spiro atoms. The zero-order chi connectivity index (χ0) is 20.3. The zero-order valence-corrected chi connectivity index (χ0v) is 16.0. The second-order valence-electron chi connectivity index (χ2n) is 6.04. The van der Waals surface area contributed by atoms with Gasteiger partial charge in [-0.25, -0.2) is 13.1 Å². The van der Waals surface area contributed by atoms with Crippen LogP contribution in [-0.4, -0.2) is 30.0 Å². The largest absolute Gasteiger partial charge is 0.321 e. The van der Waals surface area contributed by atoms with Crippen molar-refractivity contribution in [1.29, 1.82) is 0 Å². The van der Waals surface area contributed by atoms with E-state index in [4.69, 9.17) is 0 Å². The quantitative estimate of drug-likeness (QED) is 0.684. The summed E-state index contributed by atoms with van der Waals surface area (Å²) in [7, 11) is -2.25. The molecule has 1 aromatic heterocycles. The van der Waals surface area contributed by atoms with Gasteiger partial charge >= 0.3 is 0 Å². The molecular weight excluding hydrogens is 380 g/mol. The van der Waals surface area contributed by atoms with Gasteiger partial charge in [0.2, 0.25) is 5.91 Å². The molecule has 0 saturated carbocycles. The Morgan fingerprint density at radius 2 is 1.64 bits per heavy atom. The van der Waals surface area contributed by atoms with Crippen LogP contribution in [0.5, 0.6) is 0 Å². The monoisotopic (exact) mass is 398 g/mol. The fraction of sp³-hybridized carbons (Fsp3) is 0.105. The van der Waals surface area contributed by atoms with Crippen molar-refractivity contribution in [3.63, 3.8) is 0 Å². The number of hydrogen-bond acceptors (Lipinski definition) is 5. The van der Waals surface area contributed by atoms with Gasteiger partial charge in [0.1, 0.15) is 5.69 Å². The number of rotatable bonds is 5. The van der Waals surface area contributed by atoms with Crippen LogP contribution < -0.4 is 10.0 Å². The normalized spacial score (nSPS) is 11.1. The Bertz CT molecular complexity index is 1120. The van der Waals surface area contributed by atoms with Gasteiger partial charge in [-0.1, -0.05) is 30.3 Å². The highest BCUT2D eigenvalue weighted by Gasteiger charge is 2.17. The van der Waals surface area contributed by atoms with E-state index in [1.165, 1.54) is 28.9 Å². The molecule has 3 rings (SSSR count). The minimum absolute atomic E-state index is 0.0763. The second-order valence-corrected chi connectivity index (χ2v) is 7.73. The summed E-state index contributed by atoms with van der Waals surface area (Å²) in [6.07, 6.45) is 0. The number of amides is 2. The number of anilines is 1. The second kappa shape index (κ2) is 7.65. The summed E-state index contributed by atoms with van der Waals surface area (Å²) in [4.78, 5) is 23.5. The Hall–Kier alpha value is -3.46. The number of hydrogen-bond donors (Lipinski definition) is 2. The number of sulfonamides is 1. The molecule has 0 radical (unpaired) electrons. The Labute approximate surface area is 162 Å². The van der Waals surface area contributed by atoms with Crippen LogP contribution in [0.15, 0.2) is 65.6 Å². The van der Waals surface area contributed by atoms with Gasteiger partial charge < -0.3 is 5.32 Å². The van der Waals surface area contributed by atoms with Gasteiger partial charge in [0.05, 0.1) is 10.6 Å². The summed E-state index contributed by atoms with van der Waals surface area (Å²) in [5.74, 6) is -1.06. The van der Waals surface area contributed by atoms with E-state index in [0.29, 0.717) is 17.1 Å². The molecule has 0 atom stereocenters. The molecule has 144 valence electrons. The van der Waals surface area contributed by atoms with Gasteiger partial charge in [-0.15, -0.1) is 0 Å². The number of nitrogens with one attached hydrogen (secondary N) is 2. The van der Waals surface area contributed by atoms with Gasteiger partial charge in [-0.05, 0) is 30.3 Å². The molecule has 8 nitrogen and oxygen atoms in total. The predicted octanol–water partition coefficient (Wildman–Crippen LogP) is 2.16. The van der Waals surface area contributed by atoms with E-state index in [-0.39, 0.29) is 10.8 Å². The molecule has 0 aliphatic rings. The minimum Gasteiger partial charge on any atom is -0.321 e. The van der Waals surface area contributed by atoms with Crippen molar-refractivity contribution in [3.05, 3.63) is 66.4 Å². The molecule has 1 heterocycles. The summed E-state index contributed by atoms with van der Waals surface area (Å²) in [5.41, 5.74) is 2.33. The fourth-order valence-electron chi connectivity index (χ4n) is 2.59. The minimum atomic E-state index is -3.92. The lowest BCUT2D eigenvalue weighted by Gasteiger charge is -2.07. The Kier molecular flexibility index (Phi) is 5.27. The summed E-state index contributed by atoms with van der Waals surface area (Å²) >= 11 is 0. The Morgan fingerprint density at radius 3 is 2.25 bits per heavy atom. The molecular formula is C19H18N4O4S. The maximum absolute atomic E-state index is 12.6. The Balaban J connectivity index is 1.77. The van der Waals surface area contributed by atoms with E-state index in [2.05, 4.69) is 10.4 Å². The summed E-state index contributed by atoms with van der Waals surface area (Å²) < 4.78 is 27.3. The third kappa shape index (κ3) is 4.26. The van der Waals surface area contributed by atoms with Crippen molar-refractivity contribution >= 4 is 27.5 Å². The van der Waals surface area contributed by atoms with Crippen molar-refractivity contribution in [3.8, 4) is 11.3 Å². The fourth-order valence-corrected chi connectivity index (χ4v) is 3.58. The molecule has 0 aliphatic carbocycles. The first kappa shape index (κ1) is 19.3. The van der Waals surface area contributed by atoms with E-state index < -0.39 is 15.9 Å². The van der Waals surface area contributed by atoms with E-state index in [1.807, 2.05) is 35.1 Å². The van der Waals surface area contributed by atoms with Gasteiger partial charge in [0, 0.05) is 25.2 Å². The zero-order valence-electron chi connectivity index (χ0n) is 15.2.